The molecule has 0 heterocycles. The molecule has 2 aromatic rings. The summed E-state index contributed by atoms with van der Waals surface area (Å²) < 4.78 is 29.2. The molecule has 0 bridgehead atoms. The maximum Gasteiger partial charge on any atom is 0.242 e. The molecule has 2 amide bonds. The molecule has 33 heavy (non-hydrogen) atoms. The van der Waals surface area contributed by atoms with Crippen molar-refractivity contribution in [2.75, 3.05) is 34.0 Å². The number of hydrogen-bond donors (Lipinski definition) is 1. The van der Waals surface area contributed by atoms with Gasteiger partial charge in [-0.05, 0) is 55.7 Å². The van der Waals surface area contributed by atoms with Crippen LogP contribution in [-0.2, 0) is 27.3 Å². The van der Waals surface area contributed by atoms with Gasteiger partial charge in [-0.2, -0.15) is 0 Å². The molecule has 0 aliphatic carbocycles. The predicted octanol–water partition coefficient (Wildman–Crippen LogP) is 3.35. The quantitative estimate of drug-likeness (QED) is 0.464. The number of benzene rings is 2. The second-order valence-corrected chi connectivity index (χ2v) is 7.53. The van der Waals surface area contributed by atoms with E-state index >= 15 is 0 Å². The van der Waals surface area contributed by atoms with Gasteiger partial charge in [-0.15, -0.1) is 0 Å². The molecule has 0 saturated heterocycles. The van der Waals surface area contributed by atoms with Crippen molar-refractivity contribution in [2.45, 2.75) is 39.3 Å². The first kappa shape index (κ1) is 26.1. The van der Waals surface area contributed by atoms with Crippen LogP contribution in [0.15, 0.2) is 42.5 Å². The average molecular weight is 461 g/mol. The Morgan fingerprint density at radius 1 is 1.03 bits per heavy atom. The zero-order valence-electron chi connectivity index (χ0n) is 19.7. The van der Waals surface area contributed by atoms with Gasteiger partial charge in [0.15, 0.2) is 11.5 Å². The number of nitrogens with zero attached hydrogens (tertiary/aromatic N) is 1. The van der Waals surface area contributed by atoms with Gasteiger partial charge < -0.3 is 24.4 Å². The van der Waals surface area contributed by atoms with E-state index in [-0.39, 0.29) is 30.6 Å². The molecule has 180 valence electrons. The standard InChI is InChI=1S/C25H33FN2O5/c1-5-33-14-6-13-27-25(30)18(2)28(17-19-7-10-21(26)11-8-19)24(29)16-20-9-12-22(31-3)23(15-20)32-4/h7-12,15,18H,5-6,13-14,16-17H2,1-4H3,(H,27,30)/t18-/m0/s1. The van der Waals surface area contributed by atoms with E-state index in [9.17, 15) is 14.0 Å². The Morgan fingerprint density at radius 2 is 1.70 bits per heavy atom. The van der Waals surface area contributed by atoms with Gasteiger partial charge in [-0.3, -0.25) is 9.59 Å². The molecule has 0 saturated carbocycles. The molecule has 2 rings (SSSR count). The molecule has 1 N–H and O–H groups in total. The van der Waals surface area contributed by atoms with Crippen LogP contribution in [0.3, 0.4) is 0 Å². The largest absolute Gasteiger partial charge is 0.493 e. The minimum atomic E-state index is -0.713. The van der Waals surface area contributed by atoms with Gasteiger partial charge in [-0.25, -0.2) is 4.39 Å². The topological polar surface area (TPSA) is 77.1 Å². The van der Waals surface area contributed by atoms with E-state index in [1.807, 2.05) is 6.92 Å². The van der Waals surface area contributed by atoms with E-state index in [0.29, 0.717) is 37.7 Å². The summed E-state index contributed by atoms with van der Waals surface area (Å²) >= 11 is 0. The highest BCUT2D eigenvalue weighted by molar-refractivity contribution is 5.88. The van der Waals surface area contributed by atoms with Crippen LogP contribution in [0.4, 0.5) is 4.39 Å². The molecule has 7 nitrogen and oxygen atoms in total. The molecule has 2 aromatic carbocycles. The predicted molar refractivity (Wildman–Crippen MR) is 124 cm³/mol. The summed E-state index contributed by atoms with van der Waals surface area (Å²) in [6, 6.07) is 10.4. The number of rotatable bonds is 13. The number of ether oxygens (including phenoxy) is 3. The molecule has 0 fully saturated rings. The van der Waals surface area contributed by atoms with Crippen LogP contribution in [0.1, 0.15) is 31.4 Å². The lowest BCUT2D eigenvalue weighted by Crippen LogP contribution is -2.48. The van der Waals surface area contributed by atoms with Crippen LogP contribution in [0.25, 0.3) is 0 Å². The van der Waals surface area contributed by atoms with Crippen molar-refractivity contribution in [3.8, 4) is 11.5 Å². The van der Waals surface area contributed by atoms with Crippen molar-refractivity contribution in [1.29, 1.82) is 0 Å². The minimum absolute atomic E-state index is 0.0729. The first-order valence-corrected chi connectivity index (χ1v) is 11.0. The Morgan fingerprint density at radius 3 is 2.33 bits per heavy atom. The van der Waals surface area contributed by atoms with Gasteiger partial charge in [0, 0.05) is 26.3 Å². The minimum Gasteiger partial charge on any atom is -0.493 e. The first-order chi connectivity index (χ1) is 15.9. The summed E-state index contributed by atoms with van der Waals surface area (Å²) in [4.78, 5) is 27.5. The summed E-state index contributed by atoms with van der Waals surface area (Å²) in [6.07, 6.45) is 0.757. The fraction of sp³-hybridized carbons (Fsp3) is 0.440. The maximum absolute atomic E-state index is 13.3. The van der Waals surface area contributed by atoms with Crippen molar-refractivity contribution >= 4 is 11.8 Å². The lowest BCUT2D eigenvalue weighted by molar-refractivity contribution is -0.140. The van der Waals surface area contributed by atoms with Crippen molar-refractivity contribution in [3.63, 3.8) is 0 Å². The molecule has 1 atom stereocenters. The second-order valence-electron chi connectivity index (χ2n) is 7.53. The number of halogens is 1. The van der Waals surface area contributed by atoms with Crippen molar-refractivity contribution in [2.24, 2.45) is 0 Å². The molecule has 0 radical (unpaired) electrons. The molecule has 0 aromatic heterocycles. The Balaban J connectivity index is 2.16. The number of carbonyl (C=O) groups is 2. The van der Waals surface area contributed by atoms with Crippen LogP contribution in [-0.4, -0.2) is 56.7 Å². The summed E-state index contributed by atoms with van der Waals surface area (Å²) in [7, 11) is 3.07. The van der Waals surface area contributed by atoms with Gasteiger partial charge in [0.25, 0.3) is 0 Å². The Kier molecular flexibility index (Phi) is 10.6. The van der Waals surface area contributed by atoms with Crippen molar-refractivity contribution in [3.05, 3.63) is 59.4 Å². The van der Waals surface area contributed by atoms with Gasteiger partial charge in [0.1, 0.15) is 11.9 Å². The summed E-state index contributed by atoms with van der Waals surface area (Å²) in [5, 5.41) is 2.86. The van der Waals surface area contributed by atoms with E-state index in [2.05, 4.69) is 5.32 Å². The molecular weight excluding hydrogens is 427 g/mol. The molecule has 0 unspecified atom stereocenters. The average Bonchev–Trinajstić information content (AvgIpc) is 2.82. The van der Waals surface area contributed by atoms with Gasteiger partial charge in [0.2, 0.25) is 11.8 Å². The van der Waals surface area contributed by atoms with E-state index < -0.39 is 6.04 Å². The fourth-order valence-electron chi connectivity index (χ4n) is 3.31. The smallest absolute Gasteiger partial charge is 0.242 e. The third-order valence-electron chi connectivity index (χ3n) is 5.21. The Bertz CT molecular complexity index is 904. The van der Waals surface area contributed by atoms with Gasteiger partial charge in [-0.1, -0.05) is 18.2 Å². The fourth-order valence-corrected chi connectivity index (χ4v) is 3.31. The normalized spacial score (nSPS) is 11.5. The lowest BCUT2D eigenvalue weighted by Gasteiger charge is -2.29. The van der Waals surface area contributed by atoms with Gasteiger partial charge >= 0.3 is 0 Å². The van der Waals surface area contributed by atoms with E-state index in [1.165, 1.54) is 24.1 Å². The van der Waals surface area contributed by atoms with Crippen LogP contribution in [0.5, 0.6) is 11.5 Å². The third kappa shape index (κ3) is 8.05. The number of nitrogens with one attached hydrogen (secondary N) is 1. The lowest BCUT2D eigenvalue weighted by atomic mass is 10.1. The SMILES string of the molecule is CCOCCCNC(=O)[C@H](C)N(Cc1ccc(F)cc1)C(=O)Cc1ccc(OC)c(OC)c1. The molecule has 0 aliphatic heterocycles. The number of methoxy groups -OCH3 is 2. The summed E-state index contributed by atoms with van der Waals surface area (Å²) in [6.45, 7) is 5.42. The maximum atomic E-state index is 13.3. The Hall–Kier alpha value is -3.13. The van der Waals surface area contributed by atoms with E-state index in [4.69, 9.17) is 14.2 Å². The van der Waals surface area contributed by atoms with Crippen LogP contribution in [0, 0.1) is 5.82 Å². The number of amides is 2. The van der Waals surface area contributed by atoms with Crippen molar-refractivity contribution in [1.82, 2.24) is 10.2 Å². The second kappa shape index (κ2) is 13.4. The van der Waals surface area contributed by atoms with E-state index in [0.717, 1.165) is 11.1 Å². The Labute approximate surface area is 194 Å². The number of hydrogen-bond acceptors (Lipinski definition) is 5. The van der Waals surface area contributed by atoms with Crippen LogP contribution < -0.4 is 14.8 Å². The van der Waals surface area contributed by atoms with E-state index in [1.54, 1.807) is 44.4 Å². The highest BCUT2D eigenvalue weighted by Crippen LogP contribution is 2.28. The zero-order valence-corrected chi connectivity index (χ0v) is 19.7. The van der Waals surface area contributed by atoms with Crippen LogP contribution >= 0.6 is 0 Å². The summed E-state index contributed by atoms with van der Waals surface area (Å²) in [5.74, 6) is 0.240. The molecular formula is C25H33FN2O5. The zero-order chi connectivity index (χ0) is 24.2. The highest BCUT2D eigenvalue weighted by atomic mass is 19.1. The van der Waals surface area contributed by atoms with Crippen molar-refractivity contribution < 1.29 is 28.2 Å². The highest BCUT2D eigenvalue weighted by Gasteiger charge is 2.26. The van der Waals surface area contributed by atoms with Crippen LogP contribution in [0.2, 0.25) is 0 Å². The molecule has 0 aliphatic rings. The summed E-state index contributed by atoms with van der Waals surface area (Å²) in [5.41, 5.74) is 1.46. The van der Waals surface area contributed by atoms with Gasteiger partial charge in [0.05, 0.1) is 20.6 Å². The monoisotopic (exact) mass is 460 g/mol. The third-order valence-corrected chi connectivity index (χ3v) is 5.21. The molecule has 0 spiro atoms. The molecule has 8 heteroatoms. The number of carbonyl (C=O) groups excluding carboxylic acids is 2. The first-order valence-electron chi connectivity index (χ1n) is 11.0.